The second-order valence-electron chi connectivity index (χ2n) is 7.50. The molecule has 1 atom stereocenters. The van der Waals surface area contributed by atoms with Crippen LogP contribution in [0.25, 0.3) is 12.2 Å². The minimum atomic E-state index is -0.632. The molecule has 33 heavy (non-hydrogen) atoms. The number of methoxy groups -OCH3 is 1. The number of fused-ring (bicyclic) bond motifs is 2. The number of nitrogens with zero attached hydrogens (tertiary/aromatic N) is 2. The van der Waals surface area contributed by atoms with E-state index < -0.39 is 12.0 Å². The maximum atomic E-state index is 13.5. The second kappa shape index (κ2) is 8.55. The average molecular weight is 461 g/mol. The van der Waals surface area contributed by atoms with Crippen molar-refractivity contribution < 1.29 is 19.0 Å². The minimum absolute atomic E-state index is 0.185. The lowest BCUT2D eigenvalue weighted by Crippen LogP contribution is -2.38. The molecule has 0 N–H and O–H groups in total. The lowest BCUT2D eigenvalue weighted by atomic mass is 10.0. The first-order chi connectivity index (χ1) is 16.0. The van der Waals surface area contributed by atoms with E-state index in [1.807, 2.05) is 60.7 Å². The van der Waals surface area contributed by atoms with Crippen LogP contribution in [-0.2, 0) is 9.53 Å². The third-order valence-electron chi connectivity index (χ3n) is 5.43. The van der Waals surface area contributed by atoms with Crippen LogP contribution in [0.3, 0.4) is 0 Å². The van der Waals surface area contributed by atoms with Crippen molar-refractivity contribution in [2.24, 2.45) is 4.99 Å². The summed E-state index contributed by atoms with van der Waals surface area (Å²) in [5.41, 5.74) is 2.41. The van der Waals surface area contributed by atoms with Gasteiger partial charge in [-0.1, -0.05) is 59.9 Å². The zero-order valence-corrected chi connectivity index (χ0v) is 18.8. The summed E-state index contributed by atoms with van der Waals surface area (Å²) in [6, 6.07) is 14.6. The van der Waals surface area contributed by atoms with Crippen LogP contribution in [0.5, 0.6) is 11.5 Å². The number of aromatic nitrogens is 1. The fourth-order valence-electron chi connectivity index (χ4n) is 3.84. The maximum Gasteiger partial charge on any atom is 0.338 e. The largest absolute Gasteiger partial charge is 0.466 e. The Hall–Kier alpha value is -3.91. The Kier molecular flexibility index (Phi) is 5.43. The Morgan fingerprint density at radius 2 is 1.94 bits per heavy atom. The highest BCUT2D eigenvalue weighted by Gasteiger charge is 2.30. The van der Waals surface area contributed by atoms with E-state index in [9.17, 15) is 9.59 Å². The molecule has 2 aliphatic rings. The van der Waals surface area contributed by atoms with E-state index in [1.165, 1.54) is 18.4 Å². The van der Waals surface area contributed by atoms with Crippen molar-refractivity contribution in [3.63, 3.8) is 0 Å². The summed E-state index contributed by atoms with van der Waals surface area (Å²) in [5, 5.41) is 0. The van der Waals surface area contributed by atoms with Crippen LogP contribution in [-0.4, -0.2) is 24.4 Å². The van der Waals surface area contributed by atoms with Gasteiger partial charge >= 0.3 is 5.97 Å². The van der Waals surface area contributed by atoms with Crippen LogP contribution in [0.15, 0.2) is 75.7 Å². The fourth-order valence-corrected chi connectivity index (χ4v) is 4.89. The van der Waals surface area contributed by atoms with Gasteiger partial charge in [-0.2, -0.15) is 0 Å². The summed E-state index contributed by atoms with van der Waals surface area (Å²) >= 11 is 1.28. The highest BCUT2D eigenvalue weighted by molar-refractivity contribution is 7.07. The third-order valence-corrected chi connectivity index (χ3v) is 6.42. The molecule has 2 aromatic carbocycles. The van der Waals surface area contributed by atoms with Crippen molar-refractivity contribution in [3.8, 4) is 11.5 Å². The molecule has 7 nitrogen and oxygen atoms in total. The van der Waals surface area contributed by atoms with E-state index in [4.69, 9.17) is 14.2 Å². The summed E-state index contributed by atoms with van der Waals surface area (Å²) in [5.74, 6) is 0.811. The van der Waals surface area contributed by atoms with Crippen molar-refractivity contribution >= 4 is 29.5 Å². The molecule has 5 rings (SSSR count). The monoisotopic (exact) mass is 460 g/mol. The molecule has 1 aromatic heterocycles. The first-order valence-corrected chi connectivity index (χ1v) is 11.1. The van der Waals surface area contributed by atoms with Crippen LogP contribution in [0.2, 0.25) is 0 Å². The van der Waals surface area contributed by atoms with E-state index in [1.54, 1.807) is 17.6 Å². The number of rotatable bonds is 4. The highest BCUT2D eigenvalue weighted by Crippen LogP contribution is 2.32. The summed E-state index contributed by atoms with van der Waals surface area (Å²) in [7, 11) is 1.32. The highest BCUT2D eigenvalue weighted by atomic mass is 32.1. The molecular weight excluding hydrogens is 440 g/mol. The standard InChI is InChI=1S/C25H20N2O5S/c1-15-22(24(29)30-2)18(10-8-16-6-4-3-5-7-16)27-23(28)21(33-25(27)26-15)13-17-9-11-19-20(12-17)32-14-31-19/h3-13,18H,14H2,1-2H3. The maximum absolute atomic E-state index is 13.5. The molecule has 0 bridgehead atoms. The predicted octanol–water partition coefficient (Wildman–Crippen LogP) is 2.80. The summed E-state index contributed by atoms with van der Waals surface area (Å²) in [6.45, 7) is 1.94. The van der Waals surface area contributed by atoms with Crippen molar-refractivity contribution in [1.29, 1.82) is 0 Å². The lowest BCUT2D eigenvalue weighted by Gasteiger charge is -2.21. The van der Waals surface area contributed by atoms with Crippen LogP contribution in [0, 0.1) is 0 Å². The topological polar surface area (TPSA) is 79.1 Å². The van der Waals surface area contributed by atoms with Gasteiger partial charge < -0.3 is 14.2 Å². The van der Waals surface area contributed by atoms with Gasteiger partial charge in [-0.3, -0.25) is 9.36 Å². The Morgan fingerprint density at radius 3 is 2.73 bits per heavy atom. The van der Waals surface area contributed by atoms with E-state index in [2.05, 4.69) is 4.99 Å². The number of esters is 1. The number of hydrogen-bond donors (Lipinski definition) is 0. The molecule has 3 heterocycles. The Labute approximate surface area is 193 Å². The molecule has 1 unspecified atom stereocenters. The van der Waals surface area contributed by atoms with Gasteiger partial charge in [0.25, 0.3) is 5.56 Å². The minimum Gasteiger partial charge on any atom is -0.466 e. The van der Waals surface area contributed by atoms with Crippen molar-refractivity contribution in [2.75, 3.05) is 13.9 Å². The Bertz CT molecular complexity index is 1480. The van der Waals surface area contributed by atoms with Gasteiger partial charge in [0, 0.05) is 0 Å². The number of ether oxygens (including phenoxy) is 3. The number of benzene rings is 2. The summed E-state index contributed by atoms with van der Waals surface area (Å²) in [6.07, 6.45) is 5.52. The average Bonchev–Trinajstić information content (AvgIpc) is 3.41. The zero-order chi connectivity index (χ0) is 22.9. The summed E-state index contributed by atoms with van der Waals surface area (Å²) in [4.78, 5) is 31.1. The van der Waals surface area contributed by atoms with Gasteiger partial charge in [-0.25, -0.2) is 9.79 Å². The van der Waals surface area contributed by atoms with E-state index in [0.29, 0.717) is 32.1 Å². The van der Waals surface area contributed by atoms with Gasteiger partial charge in [0.1, 0.15) is 0 Å². The van der Waals surface area contributed by atoms with Crippen LogP contribution < -0.4 is 24.4 Å². The quantitative estimate of drug-likeness (QED) is 0.560. The molecule has 166 valence electrons. The van der Waals surface area contributed by atoms with Gasteiger partial charge in [0.05, 0.1) is 29.0 Å². The number of carbonyl (C=O) groups excluding carboxylic acids is 1. The first kappa shape index (κ1) is 21.0. The van der Waals surface area contributed by atoms with Gasteiger partial charge in [-0.05, 0) is 36.3 Å². The summed E-state index contributed by atoms with van der Waals surface area (Å²) < 4.78 is 17.8. The normalized spacial score (nSPS) is 17.3. The Morgan fingerprint density at radius 1 is 1.15 bits per heavy atom. The smallest absolute Gasteiger partial charge is 0.338 e. The van der Waals surface area contributed by atoms with Crippen LogP contribution >= 0.6 is 11.3 Å². The molecule has 3 aromatic rings. The zero-order valence-electron chi connectivity index (χ0n) is 18.0. The molecule has 0 saturated carbocycles. The van der Waals surface area contributed by atoms with E-state index >= 15 is 0 Å². The van der Waals surface area contributed by atoms with E-state index in [0.717, 1.165) is 11.1 Å². The SMILES string of the molecule is COC(=O)C1=C(C)N=c2sc(=Cc3ccc4c(c3)OCO4)c(=O)n2C1C=Cc1ccccc1. The molecule has 2 aliphatic heterocycles. The van der Waals surface area contributed by atoms with Crippen LogP contribution in [0.1, 0.15) is 24.1 Å². The van der Waals surface area contributed by atoms with Crippen molar-refractivity contribution in [1.82, 2.24) is 4.57 Å². The van der Waals surface area contributed by atoms with Crippen molar-refractivity contribution in [2.45, 2.75) is 13.0 Å². The fraction of sp³-hybridized carbons (Fsp3) is 0.160. The molecule has 0 aliphatic carbocycles. The number of hydrogen-bond acceptors (Lipinski definition) is 7. The molecule has 8 heteroatoms. The van der Waals surface area contributed by atoms with Gasteiger partial charge in [0.2, 0.25) is 6.79 Å². The molecule has 0 radical (unpaired) electrons. The number of thiazole rings is 1. The molecule has 0 spiro atoms. The first-order valence-electron chi connectivity index (χ1n) is 10.3. The molecule has 0 fully saturated rings. The van der Waals surface area contributed by atoms with E-state index in [-0.39, 0.29) is 12.4 Å². The predicted molar refractivity (Wildman–Crippen MR) is 125 cm³/mol. The number of carbonyl (C=O) groups is 1. The molecular formula is C25H20N2O5S. The second-order valence-corrected chi connectivity index (χ2v) is 8.51. The number of allylic oxidation sites excluding steroid dienone is 2. The van der Waals surface area contributed by atoms with Gasteiger partial charge in [-0.15, -0.1) is 0 Å². The molecule has 0 saturated heterocycles. The van der Waals surface area contributed by atoms with Gasteiger partial charge in [0.15, 0.2) is 16.3 Å². The Balaban J connectivity index is 1.64. The molecule has 0 amide bonds. The third kappa shape index (κ3) is 3.89. The van der Waals surface area contributed by atoms with Crippen LogP contribution in [0.4, 0.5) is 0 Å². The lowest BCUT2D eigenvalue weighted by molar-refractivity contribution is -0.136. The van der Waals surface area contributed by atoms with Crippen molar-refractivity contribution in [3.05, 3.63) is 96.7 Å².